The molecule has 0 aliphatic heterocycles. The van der Waals surface area contributed by atoms with Gasteiger partial charge in [0.1, 0.15) is 16.9 Å². The number of aromatic nitrogens is 2. The van der Waals surface area contributed by atoms with E-state index in [9.17, 15) is 18.0 Å². The first kappa shape index (κ1) is 18.6. The fourth-order valence-corrected chi connectivity index (χ4v) is 3.88. The summed E-state index contributed by atoms with van der Waals surface area (Å²) in [5.41, 5.74) is 3.65. The van der Waals surface area contributed by atoms with Gasteiger partial charge in [0.2, 0.25) is 0 Å². The first-order valence-corrected chi connectivity index (χ1v) is 9.52. The van der Waals surface area contributed by atoms with Gasteiger partial charge >= 0.3 is 6.18 Å². The molecule has 1 amide bonds. The Hall–Kier alpha value is -3.42. The molecule has 152 valence electrons. The molecule has 0 unspecified atom stereocenters. The number of pyridine rings is 2. The third-order valence-electron chi connectivity index (χ3n) is 5.44. The molecule has 5 rings (SSSR count). The lowest BCUT2D eigenvalue weighted by Crippen LogP contribution is -2.14. The van der Waals surface area contributed by atoms with Gasteiger partial charge in [-0.25, -0.2) is 4.98 Å². The van der Waals surface area contributed by atoms with Crippen molar-refractivity contribution in [1.82, 2.24) is 9.97 Å². The van der Waals surface area contributed by atoms with E-state index in [1.54, 1.807) is 12.3 Å². The molecule has 4 heterocycles. The van der Waals surface area contributed by atoms with Crippen molar-refractivity contribution >= 4 is 22.8 Å². The quantitative estimate of drug-likeness (QED) is 0.473. The van der Waals surface area contributed by atoms with Gasteiger partial charge in [-0.3, -0.25) is 9.78 Å². The van der Waals surface area contributed by atoms with E-state index in [4.69, 9.17) is 4.42 Å². The minimum Gasteiger partial charge on any atom is -0.455 e. The van der Waals surface area contributed by atoms with Crippen molar-refractivity contribution in [2.24, 2.45) is 0 Å². The normalized spacial score (nSPS) is 15.4. The Morgan fingerprint density at radius 1 is 1.17 bits per heavy atom. The fraction of sp³-hybridized carbons (Fsp3) is 0.227. The summed E-state index contributed by atoms with van der Waals surface area (Å²) in [6, 6.07) is 7.19. The highest BCUT2D eigenvalue weighted by Crippen LogP contribution is 2.57. The molecule has 0 spiro atoms. The number of alkyl halides is 3. The van der Waals surface area contributed by atoms with Crippen molar-refractivity contribution in [3.8, 4) is 11.3 Å². The summed E-state index contributed by atoms with van der Waals surface area (Å²) in [4.78, 5) is 21.1. The predicted octanol–water partition coefficient (Wildman–Crippen LogP) is 5.63. The number of fused-ring (bicyclic) bond motifs is 5. The van der Waals surface area contributed by atoms with Crippen LogP contribution in [0, 0.1) is 0 Å². The molecule has 1 N–H and O–H groups in total. The maximum absolute atomic E-state index is 13.2. The highest BCUT2D eigenvalue weighted by atomic mass is 19.4. The summed E-state index contributed by atoms with van der Waals surface area (Å²) in [6.07, 6.45) is -2.27. The molecule has 0 saturated carbocycles. The molecule has 4 aromatic heterocycles. The standard InChI is InChI=1S/C22H16F3N3O2/c1-3-11-7-8-12(9-26-11)27-21(29)18-17(19-15-10(2)16(15)20(18)30-19)13-5-4-6-14(28-13)22(23,24)25/h4-10H,3H2,1-2H3,(H,27,29)/t10-/m1/s1. The van der Waals surface area contributed by atoms with Gasteiger partial charge in [0.15, 0.2) is 0 Å². The SMILES string of the molecule is CCc1ccc(NC(=O)c2c(-c3cccc(C(F)(F)F)n3)c3oc2c2c3[C@H]2C)cn1. The van der Waals surface area contributed by atoms with E-state index in [2.05, 4.69) is 15.3 Å². The Morgan fingerprint density at radius 2 is 1.93 bits per heavy atom. The van der Waals surface area contributed by atoms with Crippen LogP contribution in [0.5, 0.6) is 0 Å². The molecule has 0 fully saturated rings. The molecule has 0 saturated heterocycles. The summed E-state index contributed by atoms with van der Waals surface area (Å²) >= 11 is 0. The fourth-order valence-electron chi connectivity index (χ4n) is 3.88. The van der Waals surface area contributed by atoms with Crippen molar-refractivity contribution in [2.75, 3.05) is 5.32 Å². The Bertz CT molecular complexity index is 1280. The zero-order valence-electron chi connectivity index (χ0n) is 16.1. The van der Waals surface area contributed by atoms with Crippen LogP contribution in [0.2, 0.25) is 0 Å². The maximum atomic E-state index is 13.2. The lowest BCUT2D eigenvalue weighted by Gasteiger charge is -2.10. The van der Waals surface area contributed by atoms with Crippen LogP contribution in [0.4, 0.5) is 18.9 Å². The third-order valence-corrected chi connectivity index (χ3v) is 5.44. The topological polar surface area (TPSA) is 68.0 Å². The monoisotopic (exact) mass is 411 g/mol. The van der Waals surface area contributed by atoms with Gasteiger partial charge in [-0.15, -0.1) is 0 Å². The van der Waals surface area contributed by atoms with E-state index in [1.807, 2.05) is 19.9 Å². The zero-order chi connectivity index (χ0) is 21.2. The van der Waals surface area contributed by atoms with Crippen LogP contribution in [-0.4, -0.2) is 15.9 Å². The number of halogens is 3. The molecule has 30 heavy (non-hydrogen) atoms. The summed E-state index contributed by atoms with van der Waals surface area (Å²) in [5, 5.41) is 2.77. The van der Waals surface area contributed by atoms with Crippen molar-refractivity contribution in [3.63, 3.8) is 0 Å². The highest BCUT2D eigenvalue weighted by Gasteiger charge is 2.44. The van der Waals surface area contributed by atoms with Gasteiger partial charge in [0, 0.05) is 22.7 Å². The van der Waals surface area contributed by atoms with Crippen molar-refractivity contribution in [1.29, 1.82) is 0 Å². The molecule has 5 nitrogen and oxygen atoms in total. The van der Waals surface area contributed by atoms with E-state index in [0.29, 0.717) is 22.4 Å². The molecule has 1 atom stereocenters. The highest BCUT2D eigenvalue weighted by molar-refractivity contribution is 6.19. The van der Waals surface area contributed by atoms with Crippen LogP contribution < -0.4 is 5.32 Å². The molecule has 1 aliphatic rings. The van der Waals surface area contributed by atoms with Gasteiger partial charge in [-0.05, 0) is 30.7 Å². The molecule has 1 aliphatic carbocycles. The molecular weight excluding hydrogens is 395 g/mol. The minimum atomic E-state index is -4.58. The van der Waals surface area contributed by atoms with Gasteiger partial charge in [-0.1, -0.05) is 19.9 Å². The second-order valence-corrected chi connectivity index (χ2v) is 7.31. The number of hydrogen-bond donors (Lipinski definition) is 1. The second kappa shape index (κ2) is 6.29. The largest absolute Gasteiger partial charge is 0.455 e. The molecular formula is C22H16F3N3O2. The number of benzene rings is 1. The lowest BCUT2D eigenvalue weighted by atomic mass is 10.0. The zero-order valence-corrected chi connectivity index (χ0v) is 16.1. The number of hydrogen-bond acceptors (Lipinski definition) is 4. The minimum absolute atomic E-state index is 0.0603. The van der Waals surface area contributed by atoms with E-state index in [1.165, 1.54) is 12.1 Å². The van der Waals surface area contributed by atoms with E-state index >= 15 is 0 Å². The van der Waals surface area contributed by atoms with Crippen LogP contribution in [0.15, 0.2) is 40.9 Å². The Balaban J connectivity index is 1.59. The van der Waals surface area contributed by atoms with Crippen LogP contribution in [0.3, 0.4) is 0 Å². The number of aryl methyl sites for hydroxylation is 1. The summed E-state index contributed by atoms with van der Waals surface area (Å²) in [5.74, 6) is -0.341. The summed E-state index contributed by atoms with van der Waals surface area (Å²) < 4.78 is 45.3. The van der Waals surface area contributed by atoms with Crippen molar-refractivity contribution in [2.45, 2.75) is 32.4 Å². The molecule has 0 radical (unpaired) electrons. The second-order valence-electron chi connectivity index (χ2n) is 7.31. The lowest BCUT2D eigenvalue weighted by molar-refractivity contribution is -0.141. The van der Waals surface area contributed by atoms with Crippen LogP contribution in [0.25, 0.3) is 22.4 Å². The van der Waals surface area contributed by atoms with E-state index < -0.39 is 17.8 Å². The average molecular weight is 411 g/mol. The number of anilines is 1. The number of carbonyl (C=O) groups is 1. The van der Waals surface area contributed by atoms with Crippen LogP contribution in [0.1, 0.15) is 52.6 Å². The van der Waals surface area contributed by atoms with Gasteiger partial charge in [0.05, 0.1) is 28.7 Å². The van der Waals surface area contributed by atoms with Gasteiger partial charge < -0.3 is 9.73 Å². The van der Waals surface area contributed by atoms with Crippen LogP contribution in [-0.2, 0) is 12.6 Å². The number of carbonyl (C=O) groups excluding carboxylic acids is 1. The van der Waals surface area contributed by atoms with Crippen molar-refractivity contribution < 1.29 is 22.4 Å². The van der Waals surface area contributed by atoms with Gasteiger partial charge in [-0.2, -0.15) is 13.2 Å². The number of rotatable bonds is 4. The first-order valence-electron chi connectivity index (χ1n) is 9.52. The van der Waals surface area contributed by atoms with E-state index in [-0.39, 0.29) is 17.2 Å². The smallest absolute Gasteiger partial charge is 0.433 e. The Labute approximate surface area is 169 Å². The maximum Gasteiger partial charge on any atom is 0.433 e. The number of furan rings is 2. The number of nitrogens with zero attached hydrogens (tertiary/aromatic N) is 2. The van der Waals surface area contributed by atoms with E-state index in [0.717, 1.165) is 29.3 Å². The predicted molar refractivity (Wildman–Crippen MR) is 105 cm³/mol. The van der Waals surface area contributed by atoms with Gasteiger partial charge in [0.25, 0.3) is 5.91 Å². The first-order chi connectivity index (χ1) is 14.3. The molecule has 4 aromatic rings. The average Bonchev–Trinajstić information content (AvgIpc) is 3.09. The Kier molecular flexibility index (Phi) is 3.90. The number of nitrogens with one attached hydrogen (secondary N) is 1. The third kappa shape index (κ3) is 2.74. The summed E-state index contributed by atoms with van der Waals surface area (Å²) in [7, 11) is 0. The summed E-state index contributed by atoms with van der Waals surface area (Å²) in [6.45, 7) is 3.95. The van der Waals surface area contributed by atoms with Crippen LogP contribution >= 0.6 is 0 Å². The number of amides is 1. The Morgan fingerprint density at radius 3 is 2.60 bits per heavy atom. The van der Waals surface area contributed by atoms with Crippen molar-refractivity contribution in [3.05, 3.63) is 64.6 Å². The molecule has 8 heteroatoms. The molecule has 0 aromatic carbocycles. The molecule has 2 bridgehead atoms.